The van der Waals surface area contributed by atoms with Gasteiger partial charge in [0.15, 0.2) is 0 Å². The predicted octanol–water partition coefficient (Wildman–Crippen LogP) is 2.00. The Morgan fingerprint density at radius 2 is 1.81 bits per heavy atom. The highest BCUT2D eigenvalue weighted by Gasteiger charge is 2.34. The molecule has 0 aromatic heterocycles. The molecule has 0 aromatic carbocycles. The van der Waals surface area contributed by atoms with Gasteiger partial charge in [-0.15, -0.1) is 0 Å². The quantitative estimate of drug-likeness (QED) is 0.706. The zero-order chi connectivity index (χ0) is 15.9. The Bertz CT molecular complexity index is 349. The predicted molar refractivity (Wildman–Crippen MR) is 82.9 cm³/mol. The third-order valence-electron chi connectivity index (χ3n) is 4.37. The number of nitrogens with one attached hydrogen (secondary N) is 2. The topological polar surface area (TPSA) is 67.4 Å². The fourth-order valence-corrected chi connectivity index (χ4v) is 3.12. The first-order valence-corrected chi connectivity index (χ1v) is 7.98. The van der Waals surface area contributed by atoms with E-state index < -0.39 is 6.04 Å². The second-order valence-corrected chi connectivity index (χ2v) is 6.54. The summed E-state index contributed by atoms with van der Waals surface area (Å²) in [7, 11) is 3.28. The monoisotopic (exact) mass is 298 g/mol. The lowest BCUT2D eigenvalue weighted by Crippen LogP contribution is -2.51. The van der Waals surface area contributed by atoms with Gasteiger partial charge in [-0.3, -0.25) is 4.79 Å². The van der Waals surface area contributed by atoms with Gasteiger partial charge in [0.05, 0.1) is 7.11 Å². The molecule has 1 atom stereocenters. The van der Waals surface area contributed by atoms with E-state index in [0.717, 1.165) is 25.7 Å². The maximum Gasteiger partial charge on any atom is 0.328 e. The van der Waals surface area contributed by atoms with Crippen molar-refractivity contribution >= 4 is 11.9 Å². The van der Waals surface area contributed by atoms with Gasteiger partial charge in [-0.1, -0.05) is 33.1 Å². The van der Waals surface area contributed by atoms with Crippen LogP contribution in [-0.2, 0) is 14.3 Å². The fourth-order valence-electron chi connectivity index (χ4n) is 3.12. The normalized spacial score (nSPS) is 19.1. The Labute approximate surface area is 128 Å². The fraction of sp³-hybridized carbons (Fsp3) is 0.875. The number of ether oxygens (including phenoxy) is 1. The molecule has 122 valence electrons. The van der Waals surface area contributed by atoms with E-state index >= 15 is 0 Å². The van der Waals surface area contributed by atoms with E-state index in [9.17, 15) is 9.59 Å². The highest BCUT2D eigenvalue weighted by molar-refractivity contribution is 5.85. The van der Waals surface area contributed by atoms with Gasteiger partial charge in [0.2, 0.25) is 5.91 Å². The van der Waals surface area contributed by atoms with Gasteiger partial charge in [0.25, 0.3) is 0 Å². The summed E-state index contributed by atoms with van der Waals surface area (Å²) in [5.74, 6) is -0.108. The molecule has 5 heteroatoms. The van der Waals surface area contributed by atoms with Crippen molar-refractivity contribution in [3.63, 3.8) is 0 Å². The zero-order valence-corrected chi connectivity index (χ0v) is 13.8. The number of carbonyl (C=O) groups is 2. The number of hydrogen-bond donors (Lipinski definition) is 2. The Balaban J connectivity index is 2.61. The van der Waals surface area contributed by atoms with Crippen molar-refractivity contribution in [2.24, 2.45) is 5.92 Å². The maximum absolute atomic E-state index is 12.3. The molecule has 0 saturated heterocycles. The molecule has 21 heavy (non-hydrogen) atoms. The van der Waals surface area contributed by atoms with Crippen LogP contribution in [0.1, 0.15) is 58.8 Å². The van der Waals surface area contributed by atoms with Gasteiger partial charge < -0.3 is 15.4 Å². The molecular weight excluding hydrogens is 268 g/mol. The standard InChI is InChI=1S/C16H30N2O3/c1-12(2)10-13(15(20)21-4)18-14(19)11-16(17-3)8-6-5-7-9-16/h12-13,17H,5-11H2,1-4H3,(H,18,19)/t13-/m0/s1. The first kappa shape index (κ1) is 18.0. The number of hydrogen-bond acceptors (Lipinski definition) is 4. The largest absolute Gasteiger partial charge is 0.467 e. The molecule has 0 aliphatic heterocycles. The van der Waals surface area contributed by atoms with Crippen LogP contribution in [0.5, 0.6) is 0 Å². The second-order valence-electron chi connectivity index (χ2n) is 6.54. The molecule has 0 spiro atoms. The molecule has 1 amide bonds. The lowest BCUT2D eigenvalue weighted by atomic mass is 9.79. The van der Waals surface area contributed by atoms with E-state index in [4.69, 9.17) is 4.74 Å². The minimum Gasteiger partial charge on any atom is -0.467 e. The molecule has 1 aliphatic carbocycles. The van der Waals surface area contributed by atoms with Crippen LogP contribution in [0.2, 0.25) is 0 Å². The molecule has 2 N–H and O–H groups in total. The van der Waals surface area contributed by atoms with E-state index in [1.54, 1.807) is 0 Å². The summed E-state index contributed by atoms with van der Waals surface area (Å²) in [6.07, 6.45) is 6.61. The van der Waals surface area contributed by atoms with Crippen molar-refractivity contribution < 1.29 is 14.3 Å². The zero-order valence-electron chi connectivity index (χ0n) is 13.8. The molecular formula is C16H30N2O3. The number of methoxy groups -OCH3 is 1. The molecule has 0 aromatic rings. The van der Waals surface area contributed by atoms with Crippen LogP contribution in [0.3, 0.4) is 0 Å². The summed E-state index contributed by atoms with van der Waals surface area (Å²) in [6, 6.07) is -0.542. The molecule has 0 radical (unpaired) electrons. The van der Waals surface area contributed by atoms with Crippen LogP contribution in [0.25, 0.3) is 0 Å². The number of amides is 1. The summed E-state index contributed by atoms with van der Waals surface area (Å²) >= 11 is 0. The second kappa shape index (κ2) is 8.37. The molecule has 5 nitrogen and oxygen atoms in total. The molecule has 1 aliphatic rings. The van der Waals surface area contributed by atoms with Crippen LogP contribution in [0.4, 0.5) is 0 Å². The van der Waals surface area contributed by atoms with Crippen molar-refractivity contribution in [2.75, 3.05) is 14.2 Å². The van der Waals surface area contributed by atoms with Crippen molar-refractivity contribution in [2.45, 2.75) is 70.4 Å². The first-order valence-electron chi connectivity index (χ1n) is 7.98. The molecule has 1 fully saturated rings. The van der Waals surface area contributed by atoms with E-state index in [2.05, 4.69) is 10.6 Å². The van der Waals surface area contributed by atoms with Crippen LogP contribution in [-0.4, -0.2) is 37.6 Å². The first-order chi connectivity index (χ1) is 9.92. The van der Waals surface area contributed by atoms with Gasteiger partial charge >= 0.3 is 5.97 Å². The third-order valence-corrected chi connectivity index (χ3v) is 4.37. The lowest BCUT2D eigenvalue weighted by Gasteiger charge is -2.37. The molecule has 0 heterocycles. The smallest absolute Gasteiger partial charge is 0.328 e. The minimum atomic E-state index is -0.542. The van der Waals surface area contributed by atoms with Gasteiger partial charge in [-0.25, -0.2) is 4.79 Å². The van der Waals surface area contributed by atoms with Crippen molar-refractivity contribution in [1.82, 2.24) is 10.6 Å². The third kappa shape index (κ3) is 5.65. The molecule has 0 bridgehead atoms. The average molecular weight is 298 g/mol. The van der Waals surface area contributed by atoms with Crippen molar-refractivity contribution in [3.05, 3.63) is 0 Å². The van der Waals surface area contributed by atoms with Crippen LogP contribution in [0.15, 0.2) is 0 Å². The van der Waals surface area contributed by atoms with Gasteiger partial charge in [-0.05, 0) is 32.2 Å². The van der Waals surface area contributed by atoms with E-state index in [-0.39, 0.29) is 17.4 Å². The summed E-state index contributed by atoms with van der Waals surface area (Å²) in [5.41, 5.74) is -0.110. The van der Waals surface area contributed by atoms with Crippen LogP contribution < -0.4 is 10.6 Å². The minimum absolute atomic E-state index is 0.0673. The Hall–Kier alpha value is -1.10. The van der Waals surface area contributed by atoms with Gasteiger partial charge in [0.1, 0.15) is 6.04 Å². The Morgan fingerprint density at radius 3 is 2.29 bits per heavy atom. The molecule has 1 saturated carbocycles. The number of carbonyl (C=O) groups excluding carboxylic acids is 2. The summed E-state index contributed by atoms with van der Waals surface area (Å²) in [6.45, 7) is 4.05. The number of esters is 1. The van der Waals surface area contributed by atoms with E-state index in [1.165, 1.54) is 13.5 Å². The van der Waals surface area contributed by atoms with Crippen molar-refractivity contribution in [1.29, 1.82) is 0 Å². The summed E-state index contributed by atoms with van der Waals surface area (Å²) in [4.78, 5) is 24.1. The van der Waals surface area contributed by atoms with Crippen molar-refractivity contribution in [3.8, 4) is 0 Å². The summed E-state index contributed by atoms with van der Waals surface area (Å²) < 4.78 is 4.79. The highest BCUT2D eigenvalue weighted by atomic mass is 16.5. The SMILES string of the molecule is CNC1(CC(=O)N[C@@H](CC(C)C)C(=O)OC)CCCCC1. The molecule has 1 rings (SSSR count). The Morgan fingerprint density at radius 1 is 1.19 bits per heavy atom. The average Bonchev–Trinajstić information content (AvgIpc) is 2.46. The summed E-state index contributed by atoms with van der Waals surface area (Å²) in [5, 5.41) is 6.18. The maximum atomic E-state index is 12.3. The lowest BCUT2D eigenvalue weighted by molar-refractivity contribution is -0.145. The number of rotatable bonds is 7. The van der Waals surface area contributed by atoms with E-state index in [1.807, 2.05) is 20.9 Å². The van der Waals surface area contributed by atoms with Crippen LogP contribution >= 0.6 is 0 Å². The highest BCUT2D eigenvalue weighted by Crippen LogP contribution is 2.30. The van der Waals surface area contributed by atoms with E-state index in [0.29, 0.717) is 18.8 Å². The van der Waals surface area contributed by atoms with Gasteiger partial charge in [-0.2, -0.15) is 0 Å². The van der Waals surface area contributed by atoms with Crippen LogP contribution in [0, 0.1) is 5.92 Å². The Kier molecular flexibility index (Phi) is 7.15. The molecule has 0 unspecified atom stereocenters. The van der Waals surface area contributed by atoms with Gasteiger partial charge in [0, 0.05) is 12.0 Å².